The highest BCUT2D eigenvalue weighted by atomic mass is 16.5. The lowest BCUT2D eigenvalue weighted by molar-refractivity contribution is 0.0804. The van der Waals surface area contributed by atoms with E-state index in [1.54, 1.807) is 13.3 Å². The van der Waals surface area contributed by atoms with Crippen molar-refractivity contribution < 1.29 is 9.26 Å². The molecule has 1 unspecified atom stereocenters. The molecular formula is C14H14N4O2. The number of fused-ring (bicyclic) bond motifs is 1. The highest BCUT2D eigenvalue weighted by Gasteiger charge is 2.19. The van der Waals surface area contributed by atoms with Crippen LogP contribution in [0.25, 0.3) is 22.3 Å². The van der Waals surface area contributed by atoms with Crippen molar-refractivity contribution in [2.45, 2.75) is 6.10 Å². The summed E-state index contributed by atoms with van der Waals surface area (Å²) in [6.07, 6.45) is 1.33. The van der Waals surface area contributed by atoms with Crippen molar-refractivity contribution in [3.05, 3.63) is 42.4 Å². The summed E-state index contributed by atoms with van der Waals surface area (Å²) in [6, 6.07) is 9.86. The lowest BCUT2D eigenvalue weighted by atomic mass is 10.1. The first-order valence-electron chi connectivity index (χ1n) is 6.24. The standard InChI is InChI=1S/C14H14N4O2/c1-19-11(8-15)14-17-13(18-20-14)12-10-5-3-2-4-9(10)6-7-16-12/h2-7,11H,8,15H2,1H3. The largest absolute Gasteiger partial charge is 0.370 e. The Hall–Kier alpha value is -2.31. The van der Waals surface area contributed by atoms with Gasteiger partial charge < -0.3 is 15.0 Å². The van der Waals surface area contributed by atoms with Crippen LogP contribution in [0.15, 0.2) is 41.1 Å². The maximum absolute atomic E-state index is 5.59. The molecule has 0 spiro atoms. The van der Waals surface area contributed by atoms with Crippen molar-refractivity contribution in [1.29, 1.82) is 0 Å². The summed E-state index contributed by atoms with van der Waals surface area (Å²) in [5.74, 6) is 0.798. The molecule has 6 nitrogen and oxygen atoms in total. The third kappa shape index (κ3) is 2.15. The number of nitrogens with two attached hydrogens (primary N) is 1. The molecule has 2 heterocycles. The average Bonchev–Trinajstić information content (AvgIpc) is 2.97. The van der Waals surface area contributed by atoms with Crippen molar-refractivity contribution in [3.8, 4) is 11.5 Å². The highest BCUT2D eigenvalue weighted by Crippen LogP contribution is 2.25. The molecule has 3 rings (SSSR count). The number of nitrogens with zero attached hydrogens (tertiary/aromatic N) is 3. The average molecular weight is 270 g/mol. The van der Waals surface area contributed by atoms with E-state index in [0.717, 1.165) is 10.8 Å². The van der Waals surface area contributed by atoms with Crippen molar-refractivity contribution >= 4 is 10.8 Å². The minimum absolute atomic E-state index is 0.279. The minimum atomic E-state index is -0.397. The van der Waals surface area contributed by atoms with Gasteiger partial charge >= 0.3 is 0 Å². The van der Waals surface area contributed by atoms with Gasteiger partial charge in [0, 0.05) is 25.2 Å². The first-order valence-corrected chi connectivity index (χ1v) is 6.24. The maximum Gasteiger partial charge on any atom is 0.257 e. The normalized spacial score (nSPS) is 12.7. The fourth-order valence-corrected chi connectivity index (χ4v) is 2.06. The monoisotopic (exact) mass is 270 g/mol. The van der Waals surface area contributed by atoms with Crippen LogP contribution in [0.2, 0.25) is 0 Å². The highest BCUT2D eigenvalue weighted by molar-refractivity contribution is 5.92. The third-order valence-corrected chi connectivity index (χ3v) is 3.10. The number of hydrogen-bond donors (Lipinski definition) is 1. The molecule has 102 valence electrons. The third-order valence-electron chi connectivity index (χ3n) is 3.10. The Morgan fingerprint density at radius 1 is 1.30 bits per heavy atom. The van der Waals surface area contributed by atoms with Gasteiger partial charge in [-0.05, 0) is 11.5 Å². The van der Waals surface area contributed by atoms with Crippen LogP contribution in [-0.2, 0) is 4.74 Å². The van der Waals surface area contributed by atoms with Gasteiger partial charge in [-0.3, -0.25) is 4.98 Å². The van der Waals surface area contributed by atoms with Crippen LogP contribution in [0.3, 0.4) is 0 Å². The summed E-state index contributed by atoms with van der Waals surface area (Å²) in [4.78, 5) is 8.67. The van der Waals surface area contributed by atoms with E-state index in [1.165, 1.54) is 0 Å². The molecule has 6 heteroatoms. The Kier molecular flexibility index (Phi) is 3.41. The molecule has 0 aliphatic rings. The second-order valence-electron chi connectivity index (χ2n) is 4.30. The molecule has 1 atom stereocenters. The van der Waals surface area contributed by atoms with E-state index in [1.807, 2.05) is 30.3 Å². The lowest BCUT2D eigenvalue weighted by Gasteiger charge is -2.05. The lowest BCUT2D eigenvalue weighted by Crippen LogP contribution is -2.14. The summed E-state index contributed by atoms with van der Waals surface area (Å²) in [7, 11) is 1.55. The minimum Gasteiger partial charge on any atom is -0.370 e. The van der Waals surface area contributed by atoms with Crippen molar-refractivity contribution in [2.24, 2.45) is 5.73 Å². The van der Waals surface area contributed by atoms with Gasteiger partial charge in [-0.2, -0.15) is 4.98 Å². The van der Waals surface area contributed by atoms with Crippen LogP contribution in [0.1, 0.15) is 12.0 Å². The molecule has 0 aliphatic carbocycles. The molecule has 0 amide bonds. The van der Waals surface area contributed by atoms with Gasteiger partial charge in [-0.1, -0.05) is 29.4 Å². The molecule has 0 saturated heterocycles. The Morgan fingerprint density at radius 2 is 2.15 bits per heavy atom. The Balaban J connectivity index is 2.08. The molecule has 0 fully saturated rings. The van der Waals surface area contributed by atoms with Gasteiger partial charge in [-0.15, -0.1) is 0 Å². The summed E-state index contributed by atoms with van der Waals surface area (Å²) in [6.45, 7) is 0.279. The summed E-state index contributed by atoms with van der Waals surface area (Å²) >= 11 is 0. The molecular weight excluding hydrogens is 256 g/mol. The van der Waals surface area contributed by atoms with E-state index in [2.05, 4.69) is 15.1 Å². The molecule has 3 aromatic rings. The number of rotatable bonds is 4. The number of ether oxygens (including phenoxy) is 1. The van der Waals surface area contributed by atoms with Gasteiger partial charge in [0.05, 0.1) is 0 Å². The van der Waals surface area contributed by atoms with Crippen LogP contribution in [0.4, 0.5) is 0 Å². The second-order valence-corrected chi connectivity index (χ2v) is 4.30. The Labute approximate surface area is 115 Å². The fraction of sp³-hybridized carbons (Fsp3) is 0.214. The summed E-state index contributed by atoms with van der Waals surface area (Å²) < 4.78 is 10.4. The van der Waals surface area contributed by atoms with E-state index in [-0.39, 0.29) is 6.54 Å². The van der Waals surface area contributed by atoms with Crippen LogP contribution < -0.4 is 5.73 Å². The number of benzene rings is 1. The predicted octanol–water partition coefficient (Wildman–Crippen LogP) is 1.93. The smallest absolute Gasteiger partial charge is 0.257 e. The second kappa shape index (κ2) is 5.36. The van der Waals surface area contributed by atoms with E-state index < -0.39 is 6.10 Å². The van der Waals surface area contributed by atoms with Crippen LogP contribution >= 0.6 is 0 Å². The molecule has 0 radical (unpaired) electrons. The molecule has 0 bridgehead atoms. The van der Waals surface area contributed by atoms with Gasteiger partial charge in [0.1, 0.15) is 11.8 Å². The Bertz CT molecular complexity index is 717. The summed E-state index contributed by atoms with van der Waals surface area (Å²) in [5, 5.41) is 6.02. The maximum atomic E-state index is 5.59. The van der Waals surface area contributed by atoms with Gasteiger partial charge in [-0.25, -0.2) is 0 Å². The van der Waals surface area contributed by atoms with Gasteiger partial charge in [0.2, 0.25) is 5.82 Å². The number of methoxy groups -OCH3 is 1. The molecule has 2 N–H and O–H groups in total. The van der Waals surface area contributed by atoms with E-state index >= 15 is 0 Å². The van der Waals surface area contributed by atoms with Crippen molar-refractivity contribution in [1.82, 2.24) is 15.1 Å². The van der Waals surface area contributed by atoms with Crippen LogP contribution in [0.5, 0.6) is 0 Å². The molecule has 1 aromatic carbocycles. The molecule has 0 aliphatic heterocycles. The van der Waals surface area contributed by atoms with Gasteiger partial charge in [0.15, 0.2) is 0 Å². The van der Waals surface area contributed by atoms with E-state index in [9.17, 15) is 0 Å². The number of pyridine rings is 1. The van der Waals surface area contributed by atoms with Crippen molar-refractivity contribution in [2.75, 3.05) is 13.7 Å². The molecule has 0 saturated carbocycles. The SMILES string of the molecule is COC(CN)c1nc(-c2nccc3ccccc23)no1. The first kappa shape index (κ1) is 12.7. The first-order chi connectivity index (χ1) is 9.83. The van der Waals surface area contributed by atoms with Crippen LogP contribution in [-0.4, -0.2) is 28.8 Å². The Morgan fingerprint density at radius 3 is 2.95 bits per heavy atom. The zero-order chi connectivity index (χ0) is 13.9. The zero-order valence-corrected chi connectivity index (χ0v) is 11.0. The van der Waals surface area contributed by atoms with E-state index in [0.29, 0.717) is 17.4 Å². The van der Waals surface area contributed by atoms with Gasteiger partial charge in [0.25, 0.3) is 5.89 Å². The number of hydrogen-bond acceptors (Lipinski definition) is 6. The summed E-state index contributed by atoms with van der Waals surface area (Å²) in [5.41, 5.74) is 6.27. The predicted molar refractivity (Wildman–Crippen MR) is 73.8 cm³/mol. The van der Waals surface area contributed by atoms with Crippen molar-refractivity contribution in [3.63, 3.8) is 0 Å². The fourth-order valence-electron chi connectivity index (χ4n) is 2.06. The molecule has 20 heavy (non-hydrogen) atoms. The topological polar surface area (TPSA) is 87.1 Å². The quantitative estimate of drug-likeness (QED) is 0.779. The zero-order valence-electron chi connectivity index (χ0n) is 11.0. The molecule has 2 aromatic heterocycles. The van der Waals surface area contributed by atoms with E-state index in [4.69, 9.17) is 15.0 Å². The number of aromatic nitrogens is 3. The van der Waals surface area contributed by atoms with Crippen LogP contribution in [0, 0.1) is 0 Å².